The van der Waals surface area contributed by atoms with Crippen LogP contribution < -0.4 is 10.1 Å². The summed E-state index contributed by atoms with van der Waals surface area (Å²) in [7, 11) is 3.55. The van der Waals surface area contributed by atoms with Crippen molar-refractivity contribution in [3.63, 3.8) is 0 Å². The molecular formula is C13H19N5O. The van der Waals surface area contributed by atoms with Gasteiger partial charge in [-0.3, -0.25) is 0 Å². The first-order chi connectivity index (χ1) is 9.17. The molecule has 0 atom stereocenters. The Kier molecular flexibility index (Phi) is 4.11. The lowest BCUT2D eigenvalue weighted by molar-refractivity contribution is 0.407. The average molecular weight is 261 g/mol. The molecule has 0 aliphatic rings. The summed E-state index contributed by atoms with van der Waals surface area (Å²) in [5, 5.41) is 14.8. The van der Waals surface area contributed by atoms with Gasteiger partial charge in [0.1, 0.15) is 5.75 Å². The summed E-state index contributed by atoms with van der Waals surface area (Å²) < 4.78 is 7.12. The lowest BCUT2D eigenvalue weighted by atomic mass is 10.0. The number of hydrogen-bond acceptors (Lipinski definition) is 5. The Morgan fingerprint density at radius 2 is 2.16 bits per heavy atom. The van der Waals surface area contributed by atoms with Crippen LogP contribution in [0.4, 0.5) is 0 Å². The van der Waals surface area contributed by atoms with Crippen molar-refractivity contribution in [1.29, 1.82) is 0 Å². The van der Waals surface area contributed by atoms with Crippen LogP contribution in [0.3, 0.4) is 0 Å². The zero-order valence-electron chi connectivity index (χ0n) is 11.7. The Bertz CT molecular complexity index is 550. The van der Waals surface area contributed by atoms with E-state index < -0.39 is 0 Å². The normalized spacial score (nSPS) is 11.0. The number of hydrogen-bond donors (Lipinski definition) is 1. The molecule has 0 unspecified atom stereocenters. The molecule has 0 saturated carbocycles. The molecule has 0 saturated heterocycles. The zero-order valence-corrected chi connectivity index (χ0v) is 11.7. The van der Waals surface area contributed by atoms with E-state index in [0.29, 0.717) is 12.5 Å². The molecule has 1 aromatic heterocycles. The number of nitrogens with one attached hydrogen (secondary N) is 1. The molecule has 0 aliphatic heterocycles. The number of benzene rings is 1. The molecule has 0 aliphatic carbocycles. The van der Waals surface area contributed by atoms with Crippen LogP contribution in [0.2, 0.25) is 0 Å². The maximum absolute atomic E-state index is 5.38. The molecule has 1 heterocycles. The third-order valence-electron chi connectivity index (χ3n) is 2.95. The van der Waals surface area contributed by atoms with Crippen molar-refractivity contribution >= 4 is 0 Å². The Labute approximate surface area is 112 Å². The number of methoxy groups -OCH3 is 1. The van der Waals surface area contributed by atoms with E-state index in [2.05, 4.69) is 40.8 Å². The Morgan fingerprint density at radius 3 is 2.79 bits per heavy atom. The molecule has 1 N–H and O–H groups in total. The van der Waals surface area contributed by atoms with E-state index in [4.69, 9.17) is 4.74 Å². The number of tetrazole rings is 1. The van der Waals surface area contributed by atoms with Crippen molar-refractivity contribution in [3.8, 4) is 11.4 Å². The van der Waals surface area contributed by atoms with Gasteiger partial charge in [0, 0.05) is 0 Å². The average Bonchev–Trinajstić information content (AvgIpc) is 2.86. The molecule has 2 aromatic rings. The second-order valence-electron chi connectivity index (χ2n) is 4.62. The van der Waals surface area contributed by atoms with E-state index in [1.807, 2.05) is 19.2 Å². The van der Waals surface area contributed by atoms with Crippen LogP contribution in [0.25, 0.3) is 5.69 Å². The molecular weight excluding hydrogens is 242 g/mol. The maximum Gasteiger partial charge on any atom is 0.170 e. The van der Waals surface area contributed by atoms with Crippen LogP contribution in [-0.4, -0.2) is 34.4 Å². The van der Waals surface area contributed by atoms with Crippen molar-refractivity contribution in [2.75, 3.05) is 14.2 Å². The topological polar surface area (TPSA) is 64.9 Å². The maximum atomic E-state index is 5.38. The first kappa shape index (κ1) is 13.5. The molecule has 0 spiro atoms. The van der Waals surface area contributed by atoms with Gasteiger partial charge in [-0.15, -0.1) is 5.10 Å². The van der Waals surface area contributed by atoms with Crippen LogP contribution in [0, 0.1) is 0 Å². The number of nitrogens with zero attached hydrogens (tertiary/aromatic N) is 4. The highest BCUT2D eigenvalue weighted by atomic mass is 16.5. The van der Waals surface area contributed by atoms with Gasteiger partial charge in [-0.05, 0) is 47.2 Å². The van der Waals surface area contributed by atoms with E-state index >= 15 is 0 Å². The molecule has 6 nitrogen and oxygen atoms in total. The Morgan fingerprint density at radius 1 is 1.37 bits per heavy atom. The second-order valence-corrected chi connectivity index (χ2v) is 4.62. The van der Waals surface area contributed by atoms with Gasteiger partial charge in [0.2, 0.25) is 0 Å². The quantitative estimate of drug-likeness (QED) is 0.884. The van der Waals surface area contributed by atoms with Gasteiger partial charge < -0.3 is 10.1 Å². The lowest BCUT2D eigenvalue weighted by Crippen LogP contribution is -2.12. The fraction of sp³-hybridized carbons (Fsp3) is 0.462. The molecule has 1 aromatic carbocycles. The molecule has 0 radical (unpaired) electrons. The second kappa shape index (κ2) is 5.79. The Balaban J connectivity index is 2.45. The fourth-order valence-electron chi connectivity index (χ4n) is 1.98. The number of rotatable bonds is 5. The van der Waals surface area contributed by atoms with E-state index in [9.17, 15) is 0 Å². The van der Waals surface area contributed by atoms with Crippen molar-refractivity contribution in [2.45, 2.75) is 26.3 Å². The van der Waals surface area contributed by atoms with E-state index in [1.165, 1.54) is 0 Å². The summed E-state index contributed by atoms with van der Waals surface area (Å²) >= 11 is 0. The highest BCUT2D eigenvalue weighted by Crippen LogP contribution is 2.28. The first-order valence-corrected chi connectivity index (χ1v) is 6.27. The zero-order chi connectivity index (χ0) is 13.8. The van der Waals surface area contributed by atoms with Gasteiger partial charge in [-0.2, -0.15) is 4.68 Å². The smallest absolute Gasteiger partial charge is 0.170 e. The summed E-state index contributed by atoms with van der Waals surface area (Å²) in [4.78, 5) is 0. The molecule has 2 rings (SSSR count). The van der Waals surface area contributed by atoms with Crippen LogP contribution in [-0.2, 0) is 6.54 Å². The molecule has 6 heteroatoms. The van der Waals surface area contributed by atoms with Crippen molar-refractivity contribution in [3.05, 3.63) is 29.6 Å². The molecule has 0 bridgehead atoms. The van der Waals surface area contributed by atoms with Gasteiger partial charge >= 0.3 is 0 Å². The minimum absolute atomic E-state index is 0.374. The van der Waals surface area contributed by atoms with Crippen LogP contribution in [0.15, 0.2) is 18.2 Å². The standard InChI is InChI=1S/C13H19N5O/c1-9(2)11-7-10(5-6-12(11)19-4)18-13(8-14-3)15-16-17-18/h5-7,9,14H,8H2,1-4H3. The monoisotopic (exact) mass is 261 g/mol. The summed E-state index contributed by atoms with van der Waals surface area (Å²) in [6.45, 7) is 4.89. The number of aromatic nitrogens is 4. The van der Waals surface area contributed by atoms with Gasteiger partial charge in [-0.1, -0.05) is 13.8 Å². The van der Waals surface area contributed by atoms with E-state index in [1.54, 1.807) is 11.8 Å². The molecule has 102 valence electrons. The largest absolute Gasteiger partial charge is 0.496 e. The molecule has 0 amide bonds. The first-order valence-electron chi connectivity index (χ1n) is 6.27. The number of ether oxygens (including phenoxy) is 1. The molecule has 0 fully saturated rings. The van der Waals surface area contributed by atoms with Crippen molar-refractivity contribution in [2.24, 2.45) is 0 Å². The van der Waals surface area contributed by atoms with Gasteiger partial charge in [0.15, 0.2) is 5.82 Å². The van der Waals surface area contributed by atoms with Crippen molar-refractivity contribution in [1.82, 2.24) is 25.5 Å². The van der Waals surface area contributed by atoms with Gasteiger partial charge in [0.05, 0.1) is 19.3 Å². The minimum Gasteiger partial charge on any atom is -0.496 e. The van der Waals surface area contributed by atoms with Gasteiger partial charge in [0.25, 0.3) is 0 Å². The van der Waals surface area contributed by atoms with E-state index in [-0.39, 0.29) is 0 Å². The predicted molar refractivity (Wildman–Crippen MR) is 72.6 cm³/mol. The fourth-order valence-corrected chi connectivity index (χ4v) is 1.98. The SMILES string of the molecule is CNCc1nnnn1-c1ccc(OC)c(C(C)C)c1. The highest BCUT2D eigenvalue weighted by Gasteiger charge is 2.12. The summed E-state index contributed by atoms with van der Waals surface area (Å²) in [6, 6.07) is 5.98. The lowest BCUT2D eigenvalue weighted by Gasteiger charge is -2.13. The van der Waals surface area contributed by atoms with Gasteiger partial charge in [-0.25, -0.2) is 0 Å². The van der Waals surface area contributed by atoms with E-state index in [0.717, 1.165) is 22.8 Å². The third-order valence-corrected chi connectivity index (χ3v) is 2.95. The molecule has 19 heavy (non-hydrogen) atoms. The Hall–Kier alpha value is -1.95. The van der Waals surface area contributed by atoms with Crippen LogP contribution in [0.5, 0.6) is 5.75 Å². The minimum atomic E-state index is 0.374. The third kappa shape index (κ3) is 2.73. The van der Waals surface area contributed by atoms with Crippen LogP contribution in [0.1, 0.15) is 31.2 Å². The summed E-state index contributed by atoms with van der Waals surface area (Å²) in [5.74, 6) is 2.04. The highest BCUT2D eigenvalue weighted by molar-refractivity contribution is 5.45. The predicted octanol–water partition coefficient (Wildman–Crippen LogP) is 1.51. The summed E-state index contributed by atoms with van der Waals surface area (Å²) in [6.07, 6.45) is 0. The summed E-state index contributed by atoms with van der Waals surface area (Å²) in [5.41, 5.74) is 2.09. The van der Waals surface area contributed by atoms with Crippen LogP contribution >= 0.6 is 0 Å². The van der Waals surface area contributed by atoms with Crippen molar-refractivity contribution < 1.29 is 4.74 Å².